The Labute approximate surface area is 73.8 Å². The van der Waals surface area contributed by atoms with E-state index >= 15 is 0 Å². The first-order valence-corrected chi connectivity index (χ1v) is 4.80. The van der Waals surface area contributed by atoms with Gasteiger partial charge in [0.15, 0.2) is 0 Å². The molecule has 0 aliphatic heterocycles. The van der Waals surface area contributed by atoms with Gasteiger partial charge in [-0.2, -0.15) is 0 Å². The van der Waals surface area contributed by atoms with Crippen LogP contribution in [0.4, 0.5) is 0 Å². The van der Waals surface area contributed by atoms with Gasteiger partial charge in [0, 0.05) is 0 Å². The number of hydrogen-bond donors (Lipinski definition) is 1. The van der Waals surface area contributed by atoms with Crippen molar-refractivity contribution in [3.05, 3.63) is 0 Å². The first-order chi connectivity index (χ1) is 5.56. The van der Waals surface area contributed by atoms with Crippen molar-refractivity contribution in [2.24, 2.45) is 5.41 Å². The Kier molecular flexibility index (Phi) is 1.54. The minimum atomic E-state index is -0.552. The molecule has 0 aromatic rings. The summed E-state index contributed by atoms with van der Waals surface area (Å²) in [5.74, 6) is -0.552. The summed E-state index contributed by atoms with van der Waals surface area (Å²) in [5.41, 5.74) is -0.322. The van der Waals surface area contributed by atoms with E-state index in [2.05, 4.69) is 7.85 Å². The molecule has 0 amide bonds. The smallest absolute Gasteiger partial charge is 0.309 e. The van der Waals surface area contributed by atoms with Crippen molar-refractivity contribution in [1.82, 2.24) is 0 Å². The Hall–Kier alpha value is -0.465. The Morgan fingerprint density at radius 2 is 1.50 bits per heavy atom. The minimum absolute atomic E-state index is 0.322. The van der Waals surface area contributed by atoms with Crippen molar-refractivity contribution in [1.29, 1.82) is 0 Å². The highest BCUT2D eigenvalue weighted by Gasteiger charge is 2.50. The van der Waals surface area contributed by atoms with Crippen LogP contribution in [0.5, 0.6) is 0 Å². The van der Waals surface area contributed by atoms with Crippen LogP contribution in [0.15, 0.2) is 0 Å². The predicted molar refractivity (Wildman–Crippen MR) is 49.0 cm³/mol. The van der Waals surface area contributed by atoms with Gasteiger partial charge in [-0.1, -0.05) is 24.6 Å². The molecule has 3 saturated carbocycles. The van der Waals surface area contributed by atoms with E-state index in [-0.39, 0.29) is 5.41 Å². The third kappa shape index (κ3) is 0.986. The summed E-state index contributed by atoms with van der Waals surface area (Å²) in [5, 5.41) is 9.58. The molecule has 3 heteroatoms. The van der Waals surface area contributed by atoms with E-state index in [4.69, 9.17) is 5.11 Å². The molecule has 3 aliphatic rings. The highest BCUT2D eigenvalue weighted by molar-refractivity contribution is 6.15. The number of fused-ring (bicyclic) bond motifs is 3. The first-order valence-electron chi connectivity index (χ1n) is 4.80. The number of aliphatic carboxylic acids is 1. The van der Waals surface area contributed by atoms with Gasteiger partial charge in [0.1, 0.15) is 7.85 Å². The van der Waals surface area contributed by atoms with Gasteiger partial charge in [-0.05, 0) is 19.3 Å². The van der Waals surface area contributed by atoms with Crippen LogP contribution in [-0.2, 0) is 4.79 Å². The van der Waals surface area contributed by atoms with E-state index in [1.165, 1.54) is 0 Å². The summed E-state index contributed by atoms with van der Waals surface area (Å²) in [6.45, 7) is 0. The molecular formula is C9H15BO2. The number of carbonyl (C=O) groups is 1. The van der Waals surface area contributed by atoms with Gasteiger partial charge in [-0.15, -0.1) is 0 Å². The number of rotatable bonds is 1. The van der Waals surface area contributed by atoms with Crippen molar-refractivity contribution >= 4 is 13.8 Å². The molecule has 0 heterocycles. The monoisotopic (exact) mass is 166 g/mol. The fourth-order valence-electron chi connectivity index (χ4n) is 2.69. The lowest BCUT2D eigenvalue weighted by Gasteiger charge is -2.49. The maximum Gasteiger partial charge on any atom is 0.309 e. The van der Waals surface area contributed by atoms with Crippen LogP contribution in [0, 0.1) is 5.41 Å². The van der Waals surface area contributed by atoms with E-state index in [0.29, 0.717) is 5.31 Å². The van der Waals surface area contributed by atoms with Gasteiger partial charge < -0.3 is 5.11 Å². The van der Waals surface area contributed by atoms with Gasteiger partial charge in [0.2, 0.25) is 0 Å². The van der Waals surface area contributed by atoms with Gasteiger partial charge in [0.25, 0.3) is 0 Å². The Morgan fingerprint density at radius 3 is 1.83 bits per heavy atom. The third-order valence-electron chi connectivity index (χ3n) is 4.07. The van der Waals surface area contributed by atoms with Crippen molar-refractivity contribution in [2.75, 3.05) is 0 Å². The molecule has 66 valence electrons. The van der Waals surface area contributed by atoms with Crippen LogP contribution in [-0.4, -0.2) is 18.9 Å². The SMILES string of the molecule is BC12CCC(C(=O)O)(CC1)CC2. The average molecular weight is 166 g/mol. The normalized spacial score (nSPS) is 46.0. The zero-order valence-corrected chi connectivity index (χ0v) is 7.60. The zero-order chi connectivity index (χ0) is 8.82. The molecule has 2 nitrogen and oxygen atoms in total. The summed E-state index contributed by atoms with van der Waals surface area (Å²) in [6.07, 6.45) is 6.12. The van der Waals surface area contributed by atoms with Crippen molar-refractivity contribution < 1.29 is 9.90 Å². The van der Waals surface area contributed by atoms with Gasteiger partial charge in [-0.25, -0.2) is 0 Å². The molecule has 0 atom stereocenters. The highest BCUT2D eigenvalue weighted by atomic mass is 16.4. The van der Waals surface area contributed by atoms with Crippen molar-refractivity contribution in [3.63, 3.8) is 0 Å². The number of carboxylic acid groups (broad SMARTS) is 1. The van der Waals surface area contributed by atoms with Crippen LogP contribution >= 0.6 is 0 Å². The second-order valence-electron chi connectivity index (χ2n) is 4.90. The molecular weight excluding hydrogens is 151 g/mol. The second kappa shape index (κ2) is 2.27. The maximum absolute atomic E-state index is 11.0. The quantitative estimate of drug-likeness (QED) is 0.594. The van der Waals surface area contributed by atoms with Crippen LogP contribution in [0.1, 0.15) is 38.5 Å². The van der Waals surface area contributed by atoms with E-state index in [1.54, 1.807) is 0 Å². The summed E-state index contributed by atoms with van der Waals surface area (Å²) in [4.78, 5) is 11.0. The number of carboxylic acids is 1. The molecule has 0 aromatic carbocycles. The predicted octanol–water partition coefficient (Wildman–Crippen LogP) is 1.22. The van der Waals surface area contributed by atoms with Gasteiger partial charge in [0.05, 0.1) is 5.41 Å². The highest BCUT2D eigenvalue weighted by Crippen LogP contribution is 2.59. The lowest BCUT2D eigenvalue weighted by molar-refractivity contribution is -0.154. The maximum atomic E-state index is 11.0. The molecule has 2 bridgehead atoms. The lowest BCUT2D eigenvalue weighted by atomic mass is 9.47. The molecule has 0 unspecified atom stereocenters. The Morgan fingerprint density at radius 1 is 1.08 bits per heavy atom. The molecule has 3 aliphatic carbocycles. The standard InChI is InChI=1S/C9H15BO2/c10-9-4-1-8(2-5-9,3-6-9)7(11)12/h1-6,10H2,(H,11,12). The molecule has 0 aromatic heterocycles. The fraction of sp³-hybridized carbons (Fsp3) is 0.889. The van der Waals surface area contributed by atoms with Crippen molar-refractivity contribution in [3.8, 4) is 0 Å². The zero-order valence-electron chi connectivity index (χ0n) is 7.60. The van der Waals surface area contributed by atoms with Crippen LogP contribution in [0.3, 0.4) is 0 Å². The fourth-order valence-corrected chi connectivity index (χ4v) is 2.69. The topological polar surface area (TPSA) is 37.3 Å². The summed E-state index contributed by atoms with van der Waals surface area (Å²) in [6, 6.07) is 0. The van der Waals surface area contributed by atoms with Gasteiger partial charge in [-0.3, -0.25) is 4.79 Å². The minimum Gasteiger partial charge on any atom is -0.481 e. The van der Waals surface area contributed by atoms with Gasteiger partial charge >= 0.3 is 5.97 Å². The van der Waals surface area contributed by atoms with E-state index in [1.807, 2.05) is 0 Å². The largest absolute Gasteiger partial charge is 0.481 e. The van der Waals surface area contributed by atoms with E-state index in [9.17, 15) is 4.79 Å². The Balaban J connectivity index is 2.20. The summed E-state index contributed by atoms with van der Waals surface area (Å²) >= 11 is 0. The first kappa shape index (κ1) is 8.15. The molecule has 12 heavy (non-hydrogen) atoms. The number of hydrogen-bond acceptors (Lipinski definition) is 1. The molecule has 3 rings (SSSR count). The third-order valence-corrected chi connectivity index (χ3v) is 4.07. The molecule has 0 spiro atoms. The lowest BCUT2D eigenvalue weighted by Crippen LogP contribution is -2.43. The molecule has 0 radical (unpaired) electrons. The molecule has 0 saturated heterocycles. The molecule has 3 fully saturated rings. The summed E-state index contributed by atoms with van der Waals surface area (Å²) in [7, 11) is 2.30. The van der Waals surface area contributed by atoms with Crippen LogP contribution < -0.4 is 0 Å². The average Bonchev–Trinajstić information content (AvgIpc) is 2.06. The van der Waals surface area contributed by atoms with E-state index < -0.39 is 5.97 Å². The molecule has 1 N–H and O–H groups in total. The van der Waals surface area contributed by atoms with E-state index in [0.717, 1.165) is 38.5 Å². The van der Waals surface area contributed by atoms with Crippen LogP contribution in [0.2, 0.25) is 5.31 Å². The Bertz CT molecular complexity index is 200. The van der Waals surface area contributed by atoms with Crippen LogP contribution in [0.25, 0.3) is 0 Å². The summed E-state index contributed by atoms with van der Waals surface area (Å²) < 4.78 is 0. The van der Waals surface area contributed by atoms with Crippen molar-refractivity contribution in [2.45, 2.75) is 43.8 Å². The second-order valence-corrected chi connectivity index (χ2v) is 4.90.